The van der Waals surface area contributed by atoms with Crippen molar-refractivity contribution >= 4 is 11.6 Å². The van der Waals surface area contributed by atoms with Gasteiger partial charge in [0.1, 0.15) is 5.82 Å². The molecule has 0 aliphatic carbocycles. The third kappa shape index (κ3) is 3.67. The minimum Gasteiger partial charge on any atom is -0.374 e. The molecule has 0 bridgehead atoms. The first-order valence-electron chi connectivity index (χ1n) is 6.69. The van der Waals surface area contributed by atoms with E-state index in [1.54, 1.807) is 18.2 Å². The number of carbonyl (C=O) groups excluding carboxylic acids is 1. The van der Waals surface area contributed by atoms with Crippen LogP contribution in [0, 0.1) is 5.82 Å². The van der Waals surface area contributed by atoms with E-state index in [0.717, 1.165) is 32.7 Å². The number of likely N-dealkylation sites (N-methyl/N-ethyl adjacent to an activating group) is 1. The highest BCUT2D eigenvalue weighted by Crippen LogP contribution is 2.12. The van der Waals surface area contributed by atoms with Crippen LogP contribution in [0.3, 0.4) is 0 Å². The van der Waals surface area contributed by atoms with E-state index in [4.69, 9.17) is 0 Å². The summed E-state index contributed by atoms with van der Waals surface area (Å²) >= 11 is 0. The molecule has 1 saturated heterocycles. The molecule has 1 amide bonds. The first-order chi connectivity index (χ1) is 9.20. The molecular weight excluding hydrogens is 245 g/mol. The topological polar surface area (TPSA) is 35.6 Å². The van der Waals surface area contributed by atoms with Gasteiger partial charge in [-0.25, -0.2) is 4.39 Å². The third-order valence-electron chi connectivity index (χ3n) is 3.48. The Morgan fingerprint density at radius 2 is 1.95 bits per heavy atom. The number of anilines is 1. The highest BCUT2D eigenvalue weighted by atomic mass is 19.1. The van der Waals surface area contributed by atoms with E-state index in [2.05, 4.69) is 17.1 Å². The van der Waals surface area contributed by atoms with Crippen molar-refractivity contribution in [2.75, 3.05) is 44.6 Å². The summed E-state index contributed by atoms with van der Waals surface area (Å²) in [5, 5.41) is 2.86. The van der Waals surface area contributed by atoms with Gasteiger partial charge in [0.25, 0.3) is 0 Å². The maximum atomic E-state index is 13.4. The standard InChI is InChI=1S/C14H20FN3O/c1-2-17-7-9-18(10-8-17)14(19)11-16-13-6-4-3-5-12(13)15/h3-6,16H,2,7-11H2,1H3. The molecule has 0 saturated carbocycles. The van der Waals surface area contributed by atoms with E-state index in [-0.39, 0.29) is 18.3 Å². The number of carbonyl (C=O) groups is 1. The molecule has 1 aliphatic heterocycles. The van der Waals surface area contributed by atoms with E-state index in [1.807, 2.05) is 4.90 Å². The summed E-state index contributed by atoms with van der Waals surface area (Å²) in [7, 11) is 0. The van der Waals surface area contributed by atoms with Crippen molar-refractivity contribution in [3.05, 3.63) is 30.1 Å². The summed E-state index contributed by atoms with van der Waals surface area (Å²) in [4.78, 5) is 16.1. The van der Waals surface area contributed by atoms with E-state index in [0.29, 0.717) is 5.69 Å². The number of halogens is 1. The first-order valence-corrected chi connectivity index (χ1v) is 6.69. The second-order valence-corrected chi connectivity index (χ2v) is 4.65. The fraction of sp³-hybridized carbons (Fsp3) is 0.500. The van der Waals surface area contributed by atoms with Crippen molar-refractivity contribution in [1.82, 2.24) is 9.80 Å². The Morgan fingerprint density at radius 3 is 2.58 bits per heavy atom. The van der Waals surface area contributed by atoms with Crippen LogP contribution in [0.1, 0.15) is 6.92 Å². The lowest BCUT2D eigenvalue weighted by molar-refractivity contribution is -0.131. The van der Waals surface area contributed by atoms with Crippen LogP contribution in [0.5, 0.6) is 0 Å². The molecule has 2 rings (SSSR count). The summed E-state index contributed by atoms with van der Waals surface area (Å²) in [5.41, 5.74) is 0.378. The van der Waals surface area contributed by atoms with Gasteiger partial charge in [0.15, 0.2) is 0 Å². The van der Waals surface area contributed by atoms with Gasteiger partial charge in [-0.3, -0.25) is 4.79 Å². The van der Waals surface area contributed by atoms with Gasteiger partial charge in [0.2, 0.25) is 5.91 Å². The number of nitrogens with one attached hydrogen (secondary N) is 1. The van der Waals surface area contributed by atoms with Gasteiger partial charge < -0.3 is 15.1 Å². The lowest BCUT2D eigenvalue weighted by Crippen LogP contribution is -2.49. The Hall–Kier alpha value is -1.62. The number of benzene rings is 1. The second kappa shape index (κ2) is 6.52. The largest absolute Gasteiger partial charge is 0.374 e. The van der Waals surface area contributed by atoms with Crippen molar-refractivity contribution < 1.29 is 9.18 Å². The average molecular weight is 265 g/mol. The first kappa shape index (κ1) is 13.8. The highest BCUT2D eigenvalue weighted by Gasteiger charge is 2.19. The third-order valence-corrected chi connectivity index (χ3v) is 3.48. The Morgan fingerprint density at radius 1 is 1.26 bits per heavy atom. The van der Waals surface area contributed by atoms with Gasteiger partial charge in [0, 0.05) is 26.2 Å². The molecule has 5 heteroatoms. The SMILES string of the molecule is CCN1CCN(C(=O)CNc2ccccc2F)CC1. The van der Waals surface area contributed by atoms with Gasteiger partial charge >= 0.3 is 0 Å². The monoisotopic (exact) mass is 265 g/mol. The molecule has 19 heavy (non-hydrogen) atoms. The lowest BCUT2D eigenvalue weighted by Gasteiger charge is -2.34. The summed E-state index contributed by atoms with van der Waals surface area (Å²) in [6.07, 6.45) is 0. The smallest absolute Gasteiger partial charge is 0.241 e. The van der Waals surface area contributed by atoms with Crippen molar-refractivity contribution in [1.29, 1.82) is 0 Å². The summed E-state index contributed by atoms with van der Waals surface area (Å²) < 4.78 is 13.4. The molecule has 0 spiro atoms. The molecule has 0 unspecified atom stereocenters. The minimum atomic E-state index is -0.328. The maximum Gasteiger partial charge on any atom is 0.241 e. The number of para-hydroxylation sites is 1. The molecule has 1 aliphatic rings. The normalized spacial score (nSPS) is 16.4. The molecule has 4 nitrogen and oxygen atoms in total. The number of nitrogens with zero attached hydrogens (tertiary/aromatic N) is 2. The number of amides is 1. The molecule has 1 N–H and O–H groups in total. The van der Waals surface area contributed by atoms with Crippen LogP contribution in [0.25, 0.3) is 0 Å². The molecule has 1 fully saturated rings. The number of piperazine rings is 1. The highest BCUT2D eigenvalue weighted by molar-refractivity contribution is 5.81. The van der Waals surface area contributed by atoms with Crippen molar-refractivity contribution in [3.8, 4) is 0 Å². The average Bonchev–Trinajstić information content (AvgIpc) is 2.46. The zero-order chi connectivity index (χ0) is 13.7. The van der Waals surface area contributed by atoms with Gasteiger partial charge in [-0.05, 0) is 18.7 Å². The van der Waals surface area contributed by atoms with Crippen molar-refractivity contribution in [3.63, 3.8) is 0 Å². The number of hydrogen-bond donors (Lipinski definition) is 1. The molecule has 0 aromatic heterocycles. The molecule has 1 aromatic carbocycles. The molecule has 0 atom stereocenters. The van der Waals surface area contributed by atoms with E-state index >= 15 is 0 Å². The summed E-state index contributed by atoms with van der Waals surface area (Å²) in [6, 6.07) is 6.40. The van der Waals surface area contributed by atoms with Gasteiger partial charge in [-0.2, -0.15) is 0 Å². The van der Waals surface area contributed by atoms with E-state index < -0.39 is 0 Å². The second-order valence-electron chi connectivity index (χ2n) is 4.65. The number of hydrogen-bond acceptors (Lipinski definition) is 3. The molecular formula is C14H20FN3O. The zero-order valence-electron chi connectivity index (χ0n) is 11.2. The van der Waals surface area contributed by atoms with Crippen molar-refractivity contribution in [2.45, 2.75) is 6.92 Å². The molecule has 1 heterocycles. The zero-order valence-corrected chi connectivity index (χ0v) is 11.2. The van der Waals surface area contributed by atoms with Crippen LogP contribution in [0.15, 0.2) is 24.3 Å². The lowest BCUT2D eigenvalue weighted by atomic mass is 10.3. The molecule has 104 valence electrons. The fourth-order valence-electron chi connectivity index (χ4n) is 2.20. The van der Waals surface area contributed by atoms with Crippen LogP contribution in [-0.4, -0.2) is 55.0 Å². The van der Waals surface area contributed by atoms with Gasteiger partial charge in [0.05, 0.1) is 12.2 Å². The van der Waals surface area contributed by atoms with Gasteiger partial charge in [-0.15, -0.1) is 0 Å². The Balaban J connectivity index is 1.81. The van der Waals surface area contributed by atoms with Crippen molar-refractivity contribution in [2.24, 2.45) is 0 Å². The number of rotatable bonds is 4. The predicted octanol–water partition coefficient (Wildman–Crippen LogP) is 1.40. The van der Waals surface area contributed by atoms with Crippen LogP contribution in [-0.2, 0) is 4.79 Å². The van der Waals surface area contributed by atoms with Gasteiger partial charge in [-0.1, -0.05) is 19.1 Å². The summed E-state index contributed by atoms with van der Waals surface area (Å²) in [5.74, 6) is -0.301. The van der Waals surface area contributed by atoms with Crippen LogP contribution in [0.4, 0.5) is 10.1 Å². The summed E-state index contributed by atoms with van der Waals surface area (Å²) in [6.45, 7) is 6.64. The van der Waals surface area contributed by atoms with E-state index in [1.165, 1.54) is 6.07 Å². The minimum absolute atomic E-state index is 0.0269. The molecule has 1 aromatic rings. The predicted molar refractivity (Wildman–Crippen MR) is 73.6 cm³/mol. The maximum absolute atomic E-state index is 13.4. The Labute approximate surface area is 113 Å². The van der Waals surface area contributed by atoms with E-state index in [9.17, 15) is 9.18 Å². The fourth-order valence-corrected chi connectivity index (χ4v) is 2.20. The van der Waals surface area contributed by atoms with Crippen LogP contribution < -0.4 is 5.32 Å². The Bertz CT molecular complexity index is 430. The molecule has 0 radical (unpaired) electrons. The quantitative estimate of drug-likeness (QED) is 0.894. The Kier molecular flexibility index (Phi) is 4.74. The van der Waals surface area contributed by atoms with Crippen LogP contribution >= 0.6 is 0 Å². The van der Waals surface area contributed by atoms with Crippen LogP contribution in [0.2, 0.25) is 0 Å².